The minimum absolute atomic E-state index is 0.0198. The molecule has 0 aliphatic carbocycles. The van der Waals surface area contributed by atoms with Crippen LogP contribution in [0, 0.1) is 26.2 Å². The van der Waals surface area contributed by atoms with Crippen molar-refractivity contribution in [3.8, 4) is 12.3 Å². The Labute approximate surface area is 105 Å². The summed E-state index contributed by atoms with van der Waals surface area (Å²) in [6, 6.07) is 0.781. The van der Waals surface area contributed by atoms with Crippen molar-refractivity contribution in [1.82, 2.24) is 15.1 Å². The molecule has 96 valence electrons. The van der Waals surface area contributed by atoms with Crippen LogP contribution in [0.2, 0.25) is 0 Å². The molecule has 2 N–H and O–H groups in total. The quantitative estimate of drug-likeness (QED) is 0.724. The maximum absolute atomic E-state index is 11.7. The van der Waals surface area contributed by atoms with Gasteiger partial charge in [0.25, 0.3) is 0 Å². The van der Waals surface area contributed by atoms with Gasteiger partial charge in [0.05, 0.1) is 5.69 Å². The molecule has 0 radical (unpaired) electrons. The van der Waals surface area contributed by atoms with Crippen molar-refractivity contribution in [3.63, 3.8) is 0 Å². The minimum Gasteiger partial charge on any atom is -0.480 e. The number of carbonyl (C=O) groups excluding carboxylic acids is 1. The molecule has 0 aliphatic rings. The summed E-state index contributed by atoms with van der Waals surface area (Å²) >= 11 is 0. The Kier molecular flexibility index (Phi) is 4.49. The fraction of sp³-hybridized carbons (Fsp3) is 0.417. The Morgan fingerprint density at radius 2 is 2.28 bits per heavy atom. The zero-order valence-corrected chi connectivity index (χ0v) is 10.3. The van der Waals surface area contributed by atoms with Crippen molar-refractivity contribution in [3.05, 3.63) is 17.5 Å². The first-order valence-electron chi connectivity index (χ1n) is 5.40. The molecule has 0 spiro atoms. The highest BCUT2D eigenvalue weighted by atomic mass is 16.4. The number of carbonyl (C=O) groups is 2. The van der Waals surface area contributed by atoms with Gasteiger partial charge in [0.15, 0.2) is 0 Å². The standard InChI is InChI=1S/C12H15N3O3/c1-4-5-10(12(17)18)13-11(16)7-15-9(3)6-8(2)14-15/h1,6,10H,5,7H2,2-3H3,(H,13,16)(H,17,18). The predicted octanol–water partition coefficient (Wildman–Crippen LogP) is 0.0926. The molecule has 18 heavy (non-hydrogen) atoms. The first-order chi connectivity index (χ1) is 8.43. The normalized spacial score (nSPS) is 11.6. The molecule has 1 aromatic heterocycles. The largest absolute Gasteiger partial charge is 0.480 e. The number of aromatic nitrogens is 2. The molecule has 1 unspecified atom stereocenters. The van der Waals surface area contributed by atoms with E-state index in [1.807, 2.05) is 19.9 Å². The highest BCUT2D eigenvalue weighted by Gasteiger charge is 2.19. The summed E-state index contributed by atoms with van der Waals surface area (Å²) in [5, 5.41) is 15.3. The molecule has 0 saturated carbocycles. The molecule has 0 bridgehead atoms. The topological polar surface area (TPSA) is 84.2 Å². The number of hydrogen-bond acceptors (Lipinski definition) is 3. The Balaban J connectivity index is 2.63. The number of amides is 1. The second-order valence-electron chi connectivity index (χ2n) is 3.95. The Bertz CT molecular complexity index is 499. The molecule has 1 rings (SSSR count). The average molecular weight is 249 g/mol. The summed E-state index contributed by atoms with van der Waals surface area (Å²) in [5.41, 5.74) is 1.64. The van der Waals surface area contributed by atoms with Gasteiger partial charge in [-0.15, -0.1) is 12.3 Å². The fourth-order valence-electron chi connectivity index (χ4n) is 1.53. The van der Waals surface area contributed by atoms with Crippen LogP contribution in [0.3, 0.4) is 0 Å². The second kappa shape index (κ2) is 5.87. The molecule has 1 heterocycles. The molecule has 6 nitrogen and oxygen atoms in total. The van der Waals surface area contributed by atoms with Crippen LogP contribution < -0.4 is 5.32 Å². The van der Waals surface area contributed by atoms with Crippen molar-refractivity contribution in [2.45, 2.75) is 32.9 Å². The number of rotatable bonds is 5. The lowest BCUT2D eigenvalue weighted by molar-refractivity contribution is -0.141. The predicted molar refractivity (Wildman–Crippen MR) is 64.7 cm³/mol. The first kappa shape index (κ1) is 13.8. The van der Waals surface area contributed by atoms with Gasteiger partial charge in [0.1, 0.15) is 12.6 Å². The number of aryl methyl sites for hydroxylation is 2. The van der Waals surface area contributed by atoms with Gasteiger partial charge in [-0.3, -0.25) is 9.48 Å². The summed E-state index contributed by atoms with van der Waals surface area (Å²) in [6.45, 7) is 3.62. The van der Waals surface area contributed by atoms with Crippen LogP contribution in [0.15, 0.2) is 6.07 Å². The lowest BCUT2D eigenvalue weighted by atomic mass is 10.2. The molecule has 0 aromatic carbocycles. The number of nitrogens with one attached hydrogen (secondary N) is 1. The second-order valence-corrected chi connectivity index (χ2v) is 3.95. The number of carboxylic acids is 1. The van der Waals surface area contributed by atoms with Crippen LogP contribution in [0.5, 0.6) is 0 Å². The van der Waals surface area contributed by atoms with E-state index in [1.54, 1.807) is 0 Å². The van der Waals surface area contributed by atoms with Gasteiger partial charge in [-0.2, -0.15) is 5.10 Å². The SMILES string of the molecule is C#CCC(NC(=O)Cn1nc(C)cc1C)C(=O)O. The van der Waals surface area contributed by atoms with E-state index in [0.29, 0.717) is 0 Å². The zero-order valence-electron chi connectivity index (χ0n) is 10.3. The Morgan fingerprint density at radius 3 is 2.72 bits per heavy atom. The number of nitrogens with zero attached hydrogens (tertiary/aromatic N) is 2. The molecule has 1 atom stereocenters. The minimum atomic E-state index is -1.14. The molecule has 6 heteroatoms. The lowest BCUT2D eigenvalue weighted by Crippen LogP contribution is -2.42. The van der Waals surface area contributed by atoms with E-state index >= 15 is 0 Å². The van der Waals surface area contributed by atoms with Crippen molar-refractivity contribution in [1.29, 1.82) is 0 Å². The van der Waals surface area contributed by atoms with Crippen LogP contribution in [-0.4, -0.2) is 32.8 Å². The monoisotopic (exact) mass is 249 g/mol. The maximum Gasteiger partial charge on any atom is 0.327 e. The van der Waals surface area contributed by atoms with Crippen LogP contribution in [0.4, 0.5) is 0 Å². The summed E-state index contributed by atoms with van der Waals surface area (Å²) in [6.07, 6.45) is 5.00. The molecule has 1 aromatic rings. The van der Waals surface area contributed by atoms with E-state index < -0.39 is 17.9 Å². The van der Waals surface area contributed by atoms with E-state index in [-0.39, 0.29) is 13.0 Å². The fourth-order valence-corrected chi connectivity index (χ4v) is 1.53. The first-order valence-corrected chi connectivity index (χ1v) is 5.40. The Hall–Kier alpha value is -2.29. The molecular weight excluding hydrogens is 234 g/mol. The van der Waals surface area contributed by atoms with E-state index in [2.05, 4.69) is 16.3 Å². The van der Waals surface area contributed by atoms with Gasteiger partial charge in [-0.1, -0.05) is 0 Å². The summed E-state index contributed by atoms with van der Waals surface area (Å²) in [7, 11) is 0. The number of carboxylic acid groups (broad SMARTS) is 1. The van der Waals surface area contributed by atoms with Crippen LogP contribution in [-0.2, 0) is 16.1 Å². The van der Waals surface area contributed by atoms with Crippen molar-refractivity contribution in [2.24, 2.45) is 0 Å². The molecular formula is C12H15N3O3. The third-order valence-corrected chi connectivity index (χ3v) is 2.35. The Morgan fingerprint density at radius 1 is 1.61 bits per heavy atom. The van der Waals surface area contributed by atoms with Gasteiger partial charge in [-0.05, 0) is 19.9 Å². The highest BCUT2D eigenvalue weighted by Crippen LogP contribution is 2.01. The van der Waals surface area contributed by atoms with Gasteiger partial charge >= 0.3 is 5.97 Å². The third-order valence-electron chi connectivity index (χ3n) is 2.35. The van der Waals surface area contributed by atoms with Gasteiger partial charge < -0.3 is 10.4 Å². The number of aliphatic carboxylic acids is 1. The van der Waals surface area contributed by atoms with Crippen LogP contribution in [0.25, 0.3) is 0 Å². The third kappa shape index (κ3) is 3.63. The zero-order chi connectivity index (χ0) is 13.7. The van der Waals surface area contributed by atoms with Gasteiger partial charge in [0.2, 0.25) is 5.91 Å². The van der Waals surface area contributed by atoms with Crippen molar-refractivity contribution < 1.29 is 14.7 Å². The summed E-state index contributed by atoms with van der Waals surface area (Å²) in [5.74, 6) is 0.645. The maximum atomic E-state index is 11.7. The molecule has 0 fully saturated rings. The number of terminal acetylenes is 1. The van der Waals surface area contributed by atoms with E-state index in [1.165, 1.54) is 4.68 Å². The van der Waals surface area contributed by atoms with E-state index in [4.69, 9.17) is 11.5 Å². The highest BCUT2D eigenvalue weighted by molar-refractivity contribution is 5.83. The smallest absolute Gasteiger partial charge is 0.327 e. The average Bonchev–Trinajstić information content (AvgIpc) is 2.56. The van der Waals surface area contributed by atoms with Gasteiger partial charge in [-0.25, -0.2) is 4.79 Å². The van der Waals surface area contributed by atoms with E-state index in [9.17, 15) is 9.59 Å². The summed E-state index contributed by atoms with van der Waals surface area (Å²) < 4.78 is 1.51. The van der Waals surface area contributed by atoms with Crippen LogP contribution >= 0.6 is 0 Å². The molecule has 0 aliphatic heterocycles. The molecule has 1 amide bonds. The van der Waals surface area contributed by atoms with E-state index in [0.717, 1.165) is 11.4 Å². The van der Waals surface area contributed by atoms with Crippen LogP contribution in [0.1, 0.15) is 17.8 Å². The molecule has 0 saturated heterocycles. The summed E-state index contributed by atoms with van der Waals surface area (Å²) in [4.78, 5) is 22.5. The number of hydrogen-bond donors (Lipinski definition) is 2. The van der Waals surface area contributed by atoms with Crippen molar-refractivity contribution in [2.75, 3.05) is 0 Å². The van der Waals surface area contributed by atoms with Crippen molar-refractivity contribution >= 4 is 11.9 Å². The lowest BCUT2D eigenvalue weighted by Gasteiger charge is -2.12. The van der Waals surface area contributed by atoms with Gasteiger partial charge in [0, 0.05) is 12.1 Å².